The lowest BCUT2D eigenvalue weighted by Gasteiger charge is -2.17. The van der Waals surface area contributed by atoms with Gasteiger partial charge in [0.1, 0.15) is 16.2 Å². The summed E-state index contributed by atoms with van der Waals surface area (Å²) in [5, 5.41) is 0. The lowest BCUT2D eigenvalue weighted by Crippen LogP contribution is -2.17. The van der Waals surface area contributed by atoms with Crippen LogP contribution in [0.1, 0.15) is 10.7 Å². The Kier molecular flexibility index (Phi) is 4.01. The molecular formula is C11H11BrClN3S. The van der Waals surface area contributed by atoms with Crippen molar-refractivity contribution >= 4 is 44.7 Å². The molecule has 2 heterocycles. The molecule has 0 fully saturated rings. The second-order valence-electron chi connectivity index (χ2n) is 3.66. The molecule has 0 unspecified atom stereocenters. The van der Waals surface area contributed by atoms with Crippen molar-refractivity contribution in [3.8, 4) is 0 Å². The fraction of sp³-hybridized carbons (Fsp3) is 0.273. The second-order valence-corrected chi connectivity index (χ2v) is 6.27. The zero-order valence-corrected chi connectivity index (χ0v) is 12.6. The number of aromatic nitrogens is 2. The van der Waals surface area contributed by atoms with Gasteiger partial charge in [0, 0.05) is 18.0 Å². The molecule has 0 spiro atoms. The van der Waals surface area contributed by atoms with Crippen molar-refractivity contribution in [1.82, 2.24) is 9.97 Å². The van der Waals surface area contributed by atoms with E-state index in [1.807, 2.05) is 32.2 Å². The van der Waals surface area contributed by atoms with Crippen LogP contribution in [0.5, 0.6) is 0 Å². The Morgan fingerprint density at radius 2 is 2.18 bits per heavy atom. The van der Waals surface area contributed by atoms with Crippen molar-refractivity contribution < 1.29 is 0 Å². The van der Waals surface area contributed by atoms with Gasteiger partial charge in [-0.05, 0) is 35.0 Å². The van der Waals surface area contributed by atoms with Crippen LogP contribution < -0.4 is 4.90 Å². The molecular weight excluding hydrogens is 322 g/mol. The number of rotatable bonds is 3. The maximum absolute atomic E-state index is 5.91. The van der Waals surface area contributed by atoms with Gasteiger partial charge in [-0.3, -0.25) is 0 Å². The Morgan fingerprint density at radius 3 is 2.76 bits per heavy atom. The molecule has 0 saturated heterocycles. The van der Waals surface area contributed by atoms with Gasteiger partial charge in [0.2, 0.25) is 0 Å². The second kappa shape index (κ2) is 5.33. The van der Waals surface area contributed by atoms with Crippen LogP contribution in [0.25, 0.3) is 0 Å². The first-order valence-corrected chi connectivity index (χ1v) is 7.00. The van der Waals surface area contributed by atoms with Crippen LogP contribution in [0.4, 0.5) is 5.82 Å². The maximum atomic E-state index is 5.91. The SMILES string of the molecule is Cc1nc(Br)cc(N(C)Cc2ccc(Cl)s2)n1. The number of anilines is 1. The zero-order valence-electron chi connectivity index (χ0n) is 9.44. The zero-order chi connectivity index (χ0) is 12.4. The smallest absolute Gasteiger partial charge is 0.133 e. The predicted octanol–water partition coefficient (Wildman–Crippen LogP) is 3.90. The summed E-state index contributed by atoms with van der Waals surface area (Å²) in [6.45, 7) is 2.67. The highest BCUT2D eigenvalue weighted by Gasteiger charge is 2.07. The molecule has 90 valence electrons. The van der Waals surface area contributed by atoms with Crippen molar-refractivity contribution in [3.63, 3.8) is 0 Å². The largest absolute Gasteiger partial charge is 0.354 e. The molecule has 0 aromatic carbocycles. The van der Waals surface area contributed by atoms with Crippen LogP contribution in [0.3, 0.4) is 0 Å². The van der Waals surface area contributed by atoms with Gasteiger partial charge in [-0.1, -0.05) is 11.6 Å². The van der Waals surface area contributed by atoms with Gasteiger partial charge in [-0.15, -0.1) is 11.3 Å². The molecule has 0 N–H and O–H groups in total. The van der Waals surface area contributed by atoms with E-state index in [4.69, 9.17) is 11.6 Å². The fourth-order valence-electron chi connectivity index (χ4n) is 1.46. The molecule has 0 aliphatic carbocycles. The molecule has 2 rings (SSSR count). The third kappa shape index (κ3) is 3.40. The van der Waals surface area contributed by atoms with E-state index in [2.05, 4.69) is 30.8 Å². The van der Waals surface area contributed by atoms with Gasteiger partial charge in [-0.2, -0.15) is 0 Å². The Bertz CT molecular complexity index is 509. The summed E-state index contributed by atoms with van der Waals surface area (Å²) in [5.74, 6) is 1.65. The first-order valence-electron chi connectivity index (χ1n) is 5.01. The normalized spacial score (nSPS) is 10.6. The highest BCUT2D eigenvalue weighted by molar-refractivity contribution is 9.10. The van der Waals surface area contributed by atoms with E-state index >= 15 is 0 Å². The number of hydrogen-bond acceptors (Lipinski definition) is 4. The van der Waals surface area contributed by atoms with Crippen LogP contribution in [-0.4, -0.2) is 17.0 Å². The van der Waals surface area contributed by atoms with E-state index in [1.165, 1.54) is 4.88 Å². The standard InChI is InChI=1S/C11H11BrClN3S/c1-7-14-9(12)5-11(15-7)16(2)6-8-3-4-10(13)17-8/h3-5H,6H2,1-2H3. The van der Waals surface area contributed by atoms with E-state index in [9.17, 15) is 0 Å². The predicted molar refractivity (Wildman–Crippen MR) is 75.9 cm³/mol. The Hall–Kier alpha value is -0.650. The van der Waals surface area contributed by atoms with Gasteiger partial charge < -0.3 is 4.90 Å². The third-order valence-corrected chi connectivity index (χ3v) is 3.83. The fourth-order valence-corrected chi connectivity index (χ4v) is 3.07. The van der Waals surface area contributed by atoms with Crippen LogP contribution >= 0.6 is 38.9 Å². The van der Waals surface area contributed by atoms with Crippen molar-refractivity contribution in [2.75, 3.05) is 11.9 Å². The van der Waals surface area contributed by atoms with Crippen molar-refractivity contribution in [3.05, 3.63) is 37.8 Å². The number of aryl methyl sites for hydroxylation is 1. The summed E-state index contributed by atoms with van der Waals surface area (Å²) in [6, 6.07) is 5.85. The van der Waals surface area contributed by atoms with Gasteiger partial charge in [-0.25, -0.2) is 9.97 Å². The molecule has 3 nitrogen and oxygen atoms in total. The van der Waals surface area contributed by atoms with E-state index in [0.29, 0.717) is 0 Å². The summed E-state index contributed by atoms with van der Waals surface area (Å²) in [6.07, 6.45) is 0. The summed E-state index contributed by atoms with van der Waals surface area (Å²) in [7, 11) is 2.00. The third-order valence-electron chi connectivity index (χ3n) is 2.21. The van der Waals surface area contributed by atoms with Crippen molar-refractivity contribution in [2.45, 2.75) is 13.5 Å². The molecule has 2 aromatic rings. The minimum Gasteiger partial charge on any atom is -0.354 e. The minimum atomic E-state index is 0.755. The first kappa shape index (κ1) is 12.8. The number of hydrogen-bond donors (Lipinski definition) is 0. The van der Waals surface area contributed by atoms with Gasteiger partial charge >= 0.3 is 0 Å². The topological polar surface area (TPSA) is 29.0 Å². The minimum absolute atomic E-state index is 0.755. The monoisotopic (exact) mass is 331 g/mol. The average Bonchev–Trinajstić information content (AvgIpc) is 2.62. The molecule has 6 heteroatoms. The molecule has 0 amide bonds. The molecule has 0 atom stereocenters. The summed E-state index contributed by atoms with van der Waals surface area (Å²) < 4.78 is 1.62. The van der Waals surface area contributed by atoms with E-state index in [0.717, 1.165) is 27.1 Å². The van der Waals surface area contributed by atoms with Crippen molar-refractivity contribution in [1.29, 1.82) is 0 Å². The lowest BCUT2D eigenvalue weighted by molar-refractivity contribution is 0.886. The number of nitrogens with zero attached hydrogens (tertiary/aromatic N) is 3. The molecule has 0 aliphatic rings. The van der Waals surface area contributed by atoms with E-state index in [-0.39, 0.29) is 0 Å². The van der Waals surface area contributed by atoms with Crippen LogP contribution in [-0.2, 0) is 6.54 Å². The van der Waals surface area contributed by atoms with Gasteiger partial charge in [0.25, 0.3) is 0 Å². The first-order chi connectivity index (χ1) is 8.04. The molecule has 0 bridgehead atoms. The lowest BCUT2D eigenvalue weighted by atomic mass is 10.4. The quantitative estimate of drug-likeness (QED) is 0.798. The van der Waals surface area contributed by atoms with Crippen LogP contribution in [0.2, 0.25) is 4.34 Å². The maximum Gasteiger partial charge on any atom is 0.133 e. The van der Waals surface area contributed by atoms with Crippen molar-refractivity contribution in [2.24, 2.45) is 0 Å². The highest BCUT2D eigenvalue weighted by Crippen LogP contribution is 2.24. The molecule has 0 radical (unpaired) electrons. The van der Waals surface area contributed by atoms with Crippen LogP contribution in [0.15, 0.2) is 22.8 Å². The average molecular weight is 333 g/mol. The Labute approximate surface area is 118 Å². The summed E-state index contributed by atoms with van der Waals surface area (Å²) in [5.41, 5.74) is 0. The number of halogens is 2. The van der Waals surface area contributed by atoms with Gasteiger partial charge in [0.15, 0.2) is 0 Å². The molecule has 17 heavy (non-hydrogen) atoms. The van der Waals surface area contributed by atoms with Crippen LogP contribution in [0, 0.1) is 6.92 Å². The van der Waals surface area contributed by atoms with E-state index < -0.39 is 0 Å². The summed E-state index contributed by atoms with van der Waals surface area (Å²) >= 11 is 10.9. The molecule has 0 aliphatic heterocycles. The van der Waals surface area contributed by atoms with E-state index in [1.54, 1.807) is 11.3 Å². The summed E-state index contributed by atoms with van der Waals surface area (Å²) in [4.78, 5) is 11.9. The van der Waals surface area contributed by atoms with Gasteiger partial charge in [0.05, 0.1) is 10.9 Å². The molecule has 2 aromatic heterocycles. The Morgan fingerprint density at radius 1 is 1.41 bits per heavy atom. The molecule has 0 saturated carbocycles. The highest BCUT2D eigenvalue weighted by atomic mass is 79.9. The number of thiophene rings is 1. The Balaban J connectivity index is 2.16.